The molecule has 9 N–H and O–H groups in total. The molecule has 758 valence electrons. The molecular weight excluding hydrogens is 1870 g/mol. The van der Waals surface area contributed by atoms with Crippen molar-refractivity contribution in [2.24, 2.45) is 0 Å². The third-order valence-corrected chi connectivity index (χ3v) is 26.3. The Bertz CT molecular complexity index is 7500. The van der Waals surface area contributed by atoms with Gasteiger partial charge in [0, 0.05) is 140 Å². The highest BCUT2D eigenvalue weighted by Gasteiger charge is 2.43. The Balaban J connectivity index is 0.000000125. The number of halogens is 5. The van der Waals surface area contributed by atoms with Gasteiger partial charge in [-0.1, -0.05) is 129 Å². The van der Waals surface area contributed by atoms with Crippen LogP contribution in [0.2, 0.25) is 0 Å². The first kappa shape index (κ1) is 103. The Hall–Kier alpha value is -14.8. The molecule has 0 unspecified atom stereocenters. The molecular formula is C112H120F5N19O10. The molecule has 0 bridgehead atoms. The van der Waals surface area contributed by atoms with Gasteiger partial charge in [-0.15, -0.1) is 0 Å². The fourth-order valence-corrected chi connectivity index (χ4v) is 19.2. The molecule has 6 aliphatic rings. The Morgan fingerprint density at radius 3 is 1.23 bits per heavy atom. The van der Waals surface area contributed by atoms with Gasteiger partial charge in [0.25, 0.3) is 23.6 Å². The van der Waals surface area contributed by atoms with E-state index in [1.165, 1.54) is 62.4 Å². The Morgan fingerprint density at radius 1 is 0.370 bits per heavy atom. The van der Waals surface area contributed by atoms with E-state index < -0.39 is 62.5 Å². The molecule has 0 spiro atoms. The minimum atomic E-state index is -4.86. The molecule has 7 aromatic heterocycles. The van der Waals surface area contributed by atoms with E-state index in [-0.39, 0.29) is 40.4 Å². The standard InChI is InChI=1S/C24H28N4O2.C23H26N4O2.C23H25N3O2.C21H20F4N4O2.C21H21FN4O2/c1-15-6-5-12-28-20(15)19(16-9-10-16)26-23(28)24(2,3)27-22(29)18-8-4-7-17-14-25-11-13-30-21(17)18;1-14-7-5-9-17-19(14)25-15(2)26-21(17)23(3,4)27-22(28)18-10-6-8-16-13-24-11-12-29-20(16)18;1-15-25-19-10-5-4-8-17(19)22(26-15)23(2,3)13-20(27)18-9-6-7-16-14-24-11-12-28-21(16)18;1-20(2,19-27-17(21(23,24)25)15-14(22)7-4-9-29(15)19)28-18(30)13-6-3-5-12-11-26-8-10-31-16(12)13;1-21(2,19-14-6-4-8-16(22)17(14)24-12-25-19)26-20(27)15-7-3-5-13-11-23-9-10-28-18(13)15/h4-8,12,16,25H,9-11,13-14H2,1-3H3,(H,27,29);5-10,24H,11-13H2,1-4H3,(H,27,28);4-10,24H,11-14H2,1-3H3;3-7,9,26H,8,10-11H2,1-2H3,(H,28,30);3-8,12,23H,9-11H2,1-2H3,(H,26,27). The van der Waals surface area contributed by atoms with Crippen LogP contribution in [0.25, 0.3) is 43.7 Å². The summed E-state index contributed by atoms with van der Waals surface area (Å²) in [5.41, 5.74) is 10.3. The molecule has 0 saturated heterocycles. The third kappa shape index (κ3) is 22.3. The number of imidazole rings is 2. The number of hydrogen-bond donors (Lipinski definition) is 9. The second-order valence-corrected chi connectivity index (χ2v) is 39.8. The number of ketones is 1. The van der Waals surface area contributed by atoms with Crippen molar-refractivity contribution in [2.45, 2.75) is 189 Å². The normalized spacial score (nSPS) is 14.8. The molecule has 0 atom stereocenters. The van der Waals surface area contributed by atoms with Gasteiger partial charge in [-0.05, 0) is 168 Å². The van der Waals surface area contributed by atoms with Crippen LogP contribution in [0.3, 0.4) is 0 Å². The highest BCUT2D eigenvalue weighted by Crippen LogP contribution is 2.45. The van der Waals surface area contributed by atoms with Gasteiger partial charge in [-0.25, -0.2) is 48.7 Å². The number of carbonyl (C=O) groups excluding carboxylic acids is 5. The first-order chi connectivity index (χ1) is 69.8. The van der Waals surface area contributed by atoms with Crippen LogP contribution in [-0.2, 0) is 66.5 Å². The fraction of sp³-hybridized carbons (Fsp3) is 0.348. The summed E-state index contributed by atoms with van der Waals surface area (Å²) >= 11 is 0. The van der Waals surface area contributed by atoms with E-state index in [2.05, 4.69) is 104 Å². The number of amides is 4. The molecule has 5 aliphatic heterocycles. The summed E-state index contributed by atoms with van der Waals surface area (Å²) in [7, 11) is 0. The van der Waals surface area contributed by atoms with E-state index in [0.29, 0.717) is 140 Å². The number of aryl methyl sites for hydroxylation is 4. The second kappa shape index (κ2) is 42.8. The summed E-state index contributed by atoms with van der Waals surface area (Å²) in [4.78, 5) is 102. The molecule has 4 amide bonds. The predicted molar refractivity (Wildman–Crippen MR) is 547 cm³/mol. The molecule has 1 fully saturated rings. The number of hydrogen-bond acceptors (Lipinski definition) is 23. The summed E-state index contributed by atoms with van der Waals surface area (Å²) in [5, 5.41) is 31.0. The minimum Gasteiger partial charge on any atom is -0.491 e. The average Bonchev–Trinajstić information content (AvgIpc) is 1.58. The summed E-state index contributed by atoms with van der Waals surface area (Å²) in [5.74, 6) is 3.21. The molecule has 0 radical (unpaired) electrons. The van der Waals surface area contributed by atoms with Crippen LogP contribution in [-0.4, -0.2) is 144 Å². The van der Waals surface area contributed by atoms with Crippen molar-refractivity contribution in [3.63, 3.8) is 0 Å². The second-order valence-electron chi connectivity index (χ2n) is 39.8. The number of benzene rings is 8. The molecule has 12 heterocycles. The number of nitrogens with zero attached hydrogens (tertiary/aromatic N) is 10. The lowest BCUT2D eigenvalue weighted by molar-refractivity contribution is -0.139. The van der Waals surface area contributed by atoms with Crippen LogP contribution >= 0.6 is 0 Å². The number of rotatable bonds is 17. The molecule has 34 heteroatoms. The van der Waals surface area contributed by atoms with Crippen LogP contribution in [0.4, 0.5) is 22.0 Å². The highest BCUT2D eigenvalue weighted by molar-refractivity contribution is 6.02. The quantitative estimate of drug-likeness (QED) is 0.0302. The number of carbonyl (C=O) groups is 5. The summed E-state index contributed by atoms with van der Waals surface area (Å²) in [6.45, 7) is 36.2. The van der Waals surface area contributed by atoms with Crippen LogP contribution in [0, 0.1) is 39.3 Å². The molecule has 1 aliphatic carbocycles. The maximum absolute atomic E-state index is 14.3. The number of aromatic nitrogens is 10. The lowest BCUT2D eigenvalue weighted by Crippen LogP contribution is -2.42. The maximum Gasteiger partial charge on any atom is 0.435 e. The van der Waals surface area contributed by atoms with E-state index >= 15 is 0 Å². The topological polar surface area (TPSA) is 352 Å². The number of nitrogens with one attached hydrogen (secondary N) is 9. The zero-order valence-corrected chi connectivity index (χ0v) is 84.2. The zero-order valence-electron chi connectivity index (χ0n) is 84.2. The van der Waals surface area contributed by atoms with E-state index in [9.17, 15) is 45.9 Å². The van der Waals surface area contributed by atoms with Crippen molar-refractivity contribution in [1.29, 1.82) is 0 Å². The van der Waals surface area contributed by atoms with Crippen molar-refractivity contribution in [3.05, 3.63) is 325 Å². The Morgan fingerprint density at radius 2 is 0.753 bits per heavy atom. The van der Waals surface area contributed by atoms with Crippen molar-refractivity contribution in [2.75, 3.05) is 65.8 Å². The number of para-hydroxylation sites is 8. The van der Waals surface area contributed by atoms with E-state index in [1.54, 1.807) is 30.3 Å². The van der Waals surface area contributed by atoms with Gasteiger partial charge < -0.3 is 75.9 Å². The van der Waals surface area contributed by atoms with Gasteiger partial charge in [0.05, 0.1) is 89.3 Å². The molecule has 8 aromatic carbocycles. The van der Waals surface area contributed by atoms with Crippen LogP contribution in [0.5, 0.6) is 28.7 Å². The largest absolute Gasteiger partial charge is 0.491 e. The van der Waals surface area contributed by atoms with Crippen LogP contribution < -0.4 is 71.5 Å². The number of pyridine rings is 2. The van der Waals surface area contributed by atoms with Gasteiger partial charge in [0.1, 0.15) is 114 Å². The smallest absolute Gasteiger partial charge is 0.435 e. The van der Waals surface area contributed by atoms with Crippen LogP contribution in [0.15, 0.2) is 195 Å². The van der Waals surface area contributed by atoms with Crippen molar-refractivity contribution < 1.29 is 69.6 Å². The van der Waals surface area contributed by atoms with Gasteiger partial charge in [-0.3, -0.25) is 28.4 Å². The number of Topliss-reactive ketones (excluding diaryl/α,β-unsaturated/α-hetero) is 1. The first-order valence-corrected chi connectivity index (χ1v) is 49.0. The van der Waals surface area contributed by atoms with E-state index in [0.717, 1.165) is 133 Å². The van der Waals surface area contributed by atoms with Gasteiger partial charge in [-0.2, -0.15) is 13.2 Å². The summed E-state index contributed by atoms with van der Waals surface area (Å²) < 4.78 is 101. The molecule has 21 rings (SSSR count). The SMILES string of the molecule is CC(C)(NC(=O)c1cccc2c1OCCNC2)c1nc(C(F)(F)F)c2c(F)cccn12.CC(C)(NC(=O)c1cccc2c1OCCNC2)c1ncnc2c(F)cccc12.Cc1cccn2c(C(C)(C)NC(=O)c3cccc4c3OCCNC4)nc(C3CC3)c12.Cc1nc(C(C)(C)CC(=O)c2cccc3c2OCCNC3)c2ccccc2n1.Cc1nc(C(C)(C)NC(=O)c2cccc3c2OCCNC3)c2cccc(C)c2n1. The van der Waals surface area contributed by atoms with Gasteiger partial charge in [0.15, 0.2) is 11.5 Å². The first-order valence-electron chi connectivity index (χ1n) is 49.0. The molecule has 146 heavy (non-hydrogen) atoms. The monoisotopic (exact) mass is 1990 g/mol. The predicted octanol–water partition coefficient (Wildman–Crippen LogP) is 17.6. The minimum absolute atomic E-state index is 0.0732. The van der Waals surface area contributed by atoms with Crippen LogP contribution in [0.1, 0.15) is 237 Å². The lowest BCUT2D eigenvalue weighted by Gasteiger charge is -2.28. The number of alkyl halides is 3. The average molecular weight is 1990 g/mol. The molecule has 15 aromatic rings. The summed E-state index contributed by atoms with van der Waals surface area (Å²) in [6, 6.07) is 53.0. The lowest BCUT2D eigenvalue weighted by atomic mass is 9.80. The van der Waals surface area contributed by atoms with E-state index in [1.807, 2.05) is 190 Å². The van der Waals surface area contributed by atoms with Crippen molar-refractivity contribution in [3.8, 4) is 28.7 Å². The van der Waals surface area contributed by atoms with E-state index in [4.69, 9.17) is 38.6 Å². The number of ether oxygens (including phenoxy) is 5. The van der Waals surface area contributed by atoms with Crippen molar-refractivity contribution >= 4 is 73.2 Å². The Labute approximate surface area is 842 Å². The number of fused-ring (bicyclic) bond motifs is 10. The van der Waals surface area contributed by atoms with Gasteiger partial charge >= 0.3 is 6.18 Å². The molecule has 1 saturated carbocycles. The maximum atomic E-state index is 14.3. The Kier molecular flexibility index (Phi) is 30.1. The summed E-state index contributed by atoms with van der Waals surface area (Å²) in [6.07, 6.45) is 2.52. The molecule has 29 nitrogen and oxygen atoms in total. The zero-order chi connectivity index (χ0) is 103. The van der Waals surface area contributed by atoms with Gasteiger partial charge in [0.2, 0.25) is 0 Å². The highest BCUT2D eigenvalue weighted by atomic mass is 19.4. The van der Waals surface area contributed by atoms with Crippen molar-refractivity contribution in [1.82, 2.24) is 96.5 Å². The third-order valence-electron chi connectivity index (χ3n) is 26.3. The fourth-order valence-electron chi connectivity index (χ4n) is 19.2.